The normalized spacial score (nSPS) is 10.7. The van der Waals surface area contributed by atoms with Crippen LogP contribution in [0.2, 0.25) is 5.02 Å². The Bertz CT molecular complexity index is 542. The zero-order valence-corrected chi connectivity index (χ0v) is 12.6. The third-order valence-corrected chi connectivity index (χ3v) is 4.05. The molecule has 1 nitrogen and oxygen atoms in total. The molecule has 0 aliphatic carbocycles. The Morgan fingerprint density at radius 1 is 1.05 bits per heavy atom. The van der Waals surface area contributed by atoms with Crippen LogP contribution in [0.4, 0.5) is 4.39 Å². The Hall–Kier alpha value is -0.900. The monoisotopic (exact) mass is 341 g/mol. The van der Waals surface area contributed by atoms with Gasteiger partial charge in [0.15, 0.2) is 0 Å². The fraction of sp³-hybridized carbons (Fsp3) is 0.200. The van der Waals surface area contributed by atoms with E-state index in [0.29, 0.717) is 0 Å². The van der Waals surface area contributed by atoms with E-state index in [0.717, 1.165) is 40.1 Å². The standard InChI is InChI=1S/C15H14BrClFN/c16-14-6-3-12(9-15(14)17)10-19-8-7-11-1-4-13(18)5-2-11/h1-6,9,19H,7-8,10H2. The summed E-state index contributed by atoms with van der Waals surface area (Å²) in [6, 6.07) is 12.5. The molecule has 0 heterocycles. The maximum Gasteiger partial charge on any atom is 0.123 e. The van der Waals surface area contributed by atoms with E-state index in [4.69, 9.17) is 11.6 Å². The molecule has 0 spiro atoms. The molecule has 1 N–H and O–H groups in total. The van der Waals surface area contributed by atoms with Gasteiger partial charge in [0.1, 0.15) is 5.82 Å². The fourth-order valence-corrected chi connectivity index (χ4v) is 2.22. The summed E-state index contributed by atoms with van der Waals surface area (Å²) in [4.78, 5) is 0. The van der Waals surface area contributed by atoms with Crippen LogP contribution in [0.1, 0.15) is 11.1 Å². The Labute approximate surface area is 125 Å². The van der Waals surface area contributed by atoms with E-state index in [1.165, 1.54) is 12.1 Å². The summed E-state index contributed by atoms with van der Waals surface area (Å²) in [5.74, 6) is -0.193. The van der Waals surface area contributed by atoms with E-state index in [2.05, 4.69) is 21.2 Å². The smallest absolute Gasteiger partial charge is 0.123 e. The molecule has 0 aliphatic rings. The first kappa shape index (κ1) is 14.5. The van der Waals surface area contributed by atoms with Crippen LogP contribution in [0.25, 0.3) is 0 Å². The third-order valence-electron chi connectivity index (χ3n) is 2.82. The minimum atomic E-state index is -0.193. The van der Waals surface area contributed by atoms with Crippen LogP contribution in [0.5, 0.6) is 0 Å². The van der Waals surface area contributed by atoms with Gasteiger partial charge in [-0.05, 0) is 64.3 Å². The van der Waals surface area contributed by atoms with Gasteiger partial charge in [-0.15, -0.1) is 0 Å². The molecule has 19 heavy (non-hydrogen) atoms. The molecule has 2 rings (SSSR count). The van der Waals surface area contributed by atoms with E-state index in [9.17, 15) is 4.39 Å². The lowest BCUT2D eigenvalue weighted by Crippen LogP contribution is -2.16. The number of benzene rings is 2. The summed E-state index contributed by atoms with van der Waals surface area (Å²) in [6.07, 6.45) is 0.880. The minimum Gasteiger partial charge on any atom is -0.312 e. The quantitative estimate of drug-likeness (QED) is 0.785. The fourth-order valence-electron chi connectivity index (χ4n) is 1.77. The van der Waals surface area contributed by atoms with Crippen LogP contribution in [-0.2, 0) is 13.0 Å². The molecule has 0 aromatic heterocycles. The van der Waals surface area contributed by atoms with Crippen molar-refractivity contribution < 1.29 is 4.39 Å². The van der Waals surface area contributed by atoms with E-state index in [-0.39, 0.29) is 5.82 Å². The summed E-state index contributed by atoms with van der Waals surface area (Å²) < 4.78 is 13.6. The average Bonchev–Trinajstić information content (AvgIpc) is 2.41. The summed E-state index contributed by atoms with van der Waals surface area (Å²) in [6.45, 7) is 1.62. The predicted molar refractivity (Wildman–Crippen MR) is 81.0 cm³/mol. The van der Waals surface area contributed by atoms with Gasteiger partial charge in [0.2, 0.25) is 0 Å². The summed E-state index contributed by atoms with van der Waals surface area (Å²) >= 11 is 9.39. The molecule has 0 radical (unpaired) electrons. The third kappa shape index (κ3) is 4.60. The molecule has 0 bridgehead atoms. The number of hydrogen-bond acceptors (Lipinski definition) is 1. The van der Waals surface area contributed by atoms with E-state index < -0.39 is 0 Å². The van der Waals surface area contributed by atoms with Crippen molar-refractivity contribution in [2.45, 2.75) is 13.0 Å². The molecule has 2 aromatic rings. The summed E-state index contributed by atoms with van der Waals surface area (Å²) in [5.41, 5.74) is 2.27. The Kier molecular flexibility index (Phi) is 5.37. The van der Waals surface area contributed by atoms with Crippen molar-refractivity contribution in [3.05, 3.63) is 68.9 Å². The van der Waals surface area contributed by atoms with Crippen molar-refractivity contribution >= 4 is 27.5 Å². The zero-order valence-electron chi connectivity index (χ0n) is 10.3. The van der Waals surface area contributed by atoms with E-state index >= 15 is 0 Å². The van der Waals surface area contributed by atoms with Crippen molar-refractivity contribution in [2.75, 3.05) is 6.54 Å². The Morgan fingerprint density at radius 3 is 2.42 bits per heavy atom. The highest BCUT2D eigenvalue weighted by atomic mass is 79.9. The number of hydrogen-bond donors (Lipinski definition) is 1. The van der Waals surface area contributed by atoms with Crippen LogP contribution in [0.3, 0.4) is 0 Å². The predicted octanol–water partition coefficient (Wildman–Crippen LogP) is 4.57. The van der Waals surface area contributed by atoms with Gasteiger partial charge in [-0.3, -0.25) is 0 Å². The molecular weight excluding hydrogens is 329 g/mol. The lowest BCUT2D eigenvalue weighted by atomic mass is 10.1. The molecule has 0 fully saturated rings. The number of halogens is 3. The van der Waals surface area contributed by atoms with Crippen LogP contribution >= 0.6 is 27.5 Å². The second kappa shape index (κ2) is 7.04. The second-order valence-corrected chi connectivity index (χ2v) is 5.56. The van der Waals surface area contributed by atoms with Gasteiger partial charge >= 0.3 is 0 Å². The van der Waals surface area contributed by atoms with Crippen LogP contribution < -0.4 is 5.32 Å². The van der Waals surface area contributed by atoms with Crippen molar-refractivity contribution in [2.24, 2.45) is 0 Å². The van der Waals surface area contributed by atoms with Crippen LogP contribution in [0.15, 0.2) is 46.9 Å². The van der Waals surface area contributed by atoms with Crippen molar-refractivity contribution in [3.63, 3.8) is 0 Å². The average molecular weight is 343 g/mol. The number of nitrogens with one attached hydrogen (secondary N) is 1. The first-order valence-corrected chi connectivity index (χ1v) is 7.21. The van der Waals surface area contributed by atoms with Gasteiger partial charge < -0.3 is 5.32 Å². The lowest BCUT2D eigenvalue weighted by Gasteiger charge is -2.06. The van der Waals surface area contributed by atoms with Gasteiger partial charge in [-0.1, -0.05) is 29.8 Å². The van der Waals surface area contributed by atoms with E-state index in [1.54, 1.807) is 0 Å². The van der Waals surface area contributed by atoms with Crippen LogP contribution in [-0.4, -0.2) is 6.54 Å². The maximum atomic E-state index is 12.7. The highest BCUT2D eigenvalue weighted by Gasteiger charge is 1.99. The van der Waals surface area contributed by atoms with Gasteiger partial charge in [0.05, 0.1) is 5.02 Å². The molecular formula is C15H14BrClFN. The second-order valence-electron chi connectivity index (χ2n) is 4.30. The first-order valence-electron chi connectivity index (χ1n) is 6.04. The number of rotatable bonds is 5. The highest BCUT2D eigenvalue weighted by molar-refractivity contribution is 9.10. The Balaban J connectivity index is 1.77. The van der Waals surface area contributed by atoms with Crippen molar-refractivity contribution in [1.29, 1.82) is 0 Å². The zero-order chi connectivity index (χ0) is 13.7. The Morgan fingerprint density at radius 2 is 1.74 bits per heavy atom. The summed E-state index contributed by atoms with van der Waals surface area (Å²) in [5, 5.41) is 4.06. The van der Waals surface area contributed by atoms with Gasteiger partial charge in [0, 0.05) is 11.0 Å². The largest absolute Gasteiger partial charge is 0.312 e. The van der Waals surface area contributed by atoms with Gasteiger partial charge in [-0.2, -0.15) is 0 Å². The van der Waals surface area contributed by atoms with Gasteiger partial charge in [-0.25, -0.2) is 4.39 Å². The van der Waals surface area contributed by atoms with Crippen LogP contribution in [0, 0.1) is 5.82 Å². The molecule has 0 saturated heterocycles. The minimum absolute atomic E-state index is 0.193. The maximum absolute atomic E-state index is 12.7. The SMILES string of the molecule is Fc1ccc(CCNCc2ccc(Br)c(Cl)c2)cc1. The molecule has 0 saturated carbocycles. The lowest BCUT2D eigenvalue weighted by molar-refractivity contribution is 0.626. The van der Waals surface area contributed by atoms with Crippen molar-refractivity contribution in [1.82, 2.24) is 5.32 Å². The molecule has 100 valence electrons. The molecule has 0 aliphatic heterocycles. The van der Waals surface area contributed by atoms with Gasteiger partial charge in [0.25, 0.3) is 0 Å². The molecule has 4 heteroatoms. The van der Waals surface area contributed by atoms with Crippen molar-refractivity contribution in [3.8, 4) is 0 Å². The van der Waals surface area contributed by atoms with E-state index in [1.807, 2.05) is 30.3 Å². The topological polar surface area (TPSA) is 12.0 Å². The summed E-state index contributed by atoms with van der Waals surface area (Å²) in [7, 11) is 0. The first-order chi connectivity index (χ1) is 9.15. The molecule has 0 amide bonds. The molecule has 2 aromatic carbocycles. The molecule has 0 atom stereocenters. The highest BCUT2D eigenvalue weighted by Crippen LogP contribution is 2.23. The molecule has 0 unspecified atom stereocenters.